The predicted molar refractivity (Wildman–Crippen MR) is 53.4 cm³/mol. The van der Waals surface area contributed by atoms with E-state index >= 15 is 0 Å². The van der Waals surface area contributed by atoms with Crippen molar-refractivity contribution in [3.63, 3.8) is 0 Å². The second-order valence-corrected chi connectivity index (χ2v) is 3.68. The highest BCUT2D eigenvalue weighted by Gasteiger charge is 2.18. The van der Waals surface area contributed by atoms with Crippen LogP contribution in [0.15, 0.2) is 4.79 Å². The molecule has 0 spiro atoms. The summed E-state index contributed by atoms with van der Waals surface area (Å²) in [7, 11) is 0. The molecule has 0 aliphatic carbocycles. The fourth-order valence-corrected chi connectivity index (χ4v) is 1.83. The summed E-state index contributed by atoms with van der Waals surface area (Å²) in [4.78, 5) is 14.3. The van der Waals surface area contributed by atoms with Crippen LogP contribution in [-0.4, -0.2) is 27.9 Å². The van der Waals surface area contributed by atoms with Gasteiger partial charge in [0.15, 0.2) is 0 Å². The third-order valence-electron chi connectivity index (χ3n) is 2.64. The second-order valence-electron chi connectivity index (χ2n) is 3.68. The van der Waals surface area contributed by atoms with Crippen molar-refractivity contribution >= 4 is 0 Å². The molecule has 5 heteroatoms. The quantitative estimate of drug-likeness (QED) is 0.703. The summed E-state index contributed by atoms with van der Waals surface area (Å²) in [5.41, 5.74) is -0.0736. The lowest BCUT2D eigenvalue weighted by molar-refractivity contribution is 0.338. The van der Waals surface area contributed by atoms with Crippen molar-refractivity contribution in [2.24, 2.45) is 0 Å². The van der Waals surface area contributed by atoms with Crippen molar-refractivity contribution in [3.05, 3.63) is 16.3 Å². The van der Waals surface area contributed by atoms with E-state index in [2.05, 4.69) is 15.4 Å². The van der Waals surface area contributed by atoms with Gasteiger partial charge in [-0.25, -0.2) is 9.48 Å². The van der Waals surface area contributed by atoms with Gasteiger partial charge in [-0.05, 0) is 19.4 Å². The lowest BCUT2D eigenvalue weighted by atomic mass is 10.1. The molecule has 0 radical (unpaired) electrons. The van der Waals surface area contributed by atoms with Crippen LogP contribution in [-0.2, 0) is 6.42 Å². The average molecular weight is 196 g/mol. The Morgan fingerprint density at radius 3 is 3.07 bits per heavy atom. The number of aryl methyl sites for hydroxylation is 1. The molecular formula is C9H16N4O. The lowest BCUT2D eigenvalue weighted by Gasteiger charge is -2.21. The van der Waals surface area contributed by atoms with Gasteiger partial charge < -0.3 is 5.32 Å². The first-order valence-corrected chi connectivity index (χ1v) is 5.19. The molecule has 1 aliphatic heterocycles. The van der Waals surface area contributed by atoms with Crippen LogP contribution in [0, 0.1) is 0 Å². The fraction of sp³-hybridized carbons (Fsp3) is 0.778. The summed E-state index contributed by atoms with van der Waals surface area (Å²) in [5, 5.41) is 7.53. The van der Waals surface area contributed by atoms with E-state index in [1.165, 1.54) is 0 Å². The van der Waals surface area contributed by atoms with Crippen LogP contribution >= 0.6 is 0 Å². The molecule has 1 unspecified atom stereocenters. The van der Waals surface area contributed by atoms with Gasteiger partial charge in [-0.1, -0.05) is 6.92 Å². The van der Waals surface area contributed by atoms with E-state index in [1.54, 1.807) is 4.68 Å². The SMILES string of the molecule is CCc1nn(C2CCCNC2)c(=O)[nH]1. The highest BCUT2D eigenvalue weighted by Crippen LogP contribution is 2.12. The van der Waals surface area contributed by atoms with Crippen LogP contribution in [0.25, 0.3) is 0 Å². The molecule has 1 aromatic heterocycles. The molecule has 0 amide bonds. The molecule has 2 heterocycles. The number of H-pyrrole nitrogens is 1. The van der Waals surface area contributed by atoms with E-state index in [4.69, 9.17) is 0 Å². The van der Waals surface area contributed by atoms with Crippen LogP contribution in [0.1, 0.15) is 31.6 Å². The van der Waals surface area contributed by atoms with E-state index < -0.39 is 0 Å². The smallest absolute Gasteiger partial charge is 0.315 e. The molecule has 14 heavy (non-hydrogen) atoms. The average Bonchev–Trinajstić information content (AvgIpc) is 2.61. The van der Waals surface area contributed by atoms with Crippen molar-refractivity contribution in [2.75, 3.05) is 13.1 Å². The number of rotatable bonds is 2. The molecule has 1 atom stereocenters. The van der Waals surface area contributed by atoms with Gasteiger partial charge in [-0.2, -0.15) is 5.10 Å². The largest absolute Gasteiger partial charge is 0.343 e. The Morgan fingerprint density at radius 1 is 1.64 bits per heavy atom. The van der Waals surface area contributed by atoms with E-state index in [9.17, 15) is 4.79 Å². The highest BCUT2D eigenvalue weighted by molar-refractivity contribution is 4.84. The minimum atomic E-state index is -0.0736. The molecule has 0 bridgehead atoms. The number of piperidine rings is 1. The Balaban J connectivity index is 2.21. The summed E-state index contributed by atoms with van der Waals surface area (Å²) in [6.45, 7) is 3.89. The maximum atomic E-state index is 11.5. The Morgan fingerprint density at radius 2 is 2.50 bits per heavy atom. The van der Waals surface area contributed by atoms with Crippen LogP contribution in [0.5, 0.6) is 0 Å². The van der Waals surface area contributed by atoms with Gasteiger partial charge in [0.05, 0.1) is 6.04 Å². The first-order chi connectivity index (χ1) is 6.81. The number of aromatic amines is 1. The van der Waals surface area contributed by atoms with Gasteiger partial charge in [-0.15, -0.1) is 0 Å². The van der Waals surface area contributed by atoms with E-state index in [-0.39, 0.29) is 11.7 Å². The Bertz CT molecular complexity index is 348. The molecule has 2 N–H and O–H groups in total. The molecule has 78 valence electrons. The number of nitrogens with one attached hydrogen (secondary N) is 2. The number of aromatic nitrogens is 3. The normalized spacial score (nSPS) is 22.5. The molecule has 5 nitrogen and oxygen atoms in total. The zero-order valence-corrected chi connectivity index (χ0v) is 8.42. The zero-order chi connectivity index (χ0) is 9.97. The van der Waals surface area contributed by atoms with Crippen LogP contribution in [0.4, 0.5) is 0 Å². The monoisotopic (exact) mass is 196 g/mol. The van der Waals surface area contributed by atoms with Gasteiger partial charge in [0, 0.05) is 13.0 Å². The molecular weight excluding hydrogens is 180 g/mol. The first kappa shape index (κ1) is 9.45. The number of nitrogens with zero attached hydrogens (tertiary/aromatic N) is 2. The highest BCUT2D eigenvalue weighted by atomic mass is 16.2. The summed E-state index contributed by atoms with van der Waals surface area (Å²) in [6, 6.07) is 0.229. The van der Waals surface area contributed by atoms with Crippen LogP contribution in [0.2, 0.25) is 0 Å². The van der Waals surface area contributed by atoms with Gasteiger partial charge in [0.1, 0.15) is 5.82 Å². The first-order valence-electron chi connectivity index (χ1n) is 5.19. The van der Waals surface area contributed by atoms with Crippen molar-refractivity contribution in [2.45, 2.75) is 32.2 Å². The molecule has 1 saturated heterocycles. The van der Waals surface area contributed by atoms with Gasteiger partial charge in [0.2, 0.25) is 0 Å². The third-order valence-corrected chi connectivity index (χ3v) is 2.64. The molecule has 1 fully saturated rings. The lowest BCUT2D eigenvalue weighted by Crippen LogP contribution is -2.36. The molecule has 1 aliphatic rings. The predicted octanol–water partition coefficient (Wildman–Crippen LogP) is 0.0583. The Labute approximate surface area is 82.5 Å². The van der Waals surface area contributed by atoms with Gasteiger partial charge >= 0.3 is 5.69 Å². The standard InChI is InChI=1S/C9H16N4O/c1-2-8-11-9(14)13(12-8)7-4-3-5-10-6-7/h7,10H,2-6H2,1H3,(H,11,12,14). The third kappa shape index (κ3) is 1.72. The second kappa shape index (κ2) is 3.96. The van der Waals surface area contributed by atoms with Gasteiger partial charge in [0.25, 0.3) is 0 Å². The molecule has 1 aromatic rings. The van der Waals surface area contributed by atoms with Crippen molar-refractivity contribution < 1.29 is 0 Å². The molecule has 2 rings (SSSR count). The maximum absolute atomic E-state index is 11.5. The number of hydrogen-bond acceptors (Lipinski definition) is 3. The Hall–Kier alpha value is -1.10. The van der Waals surface area contributed by atoms with Crippen molar-refractivity contribution in [1.82, 2.24) is 20.1 Å². The maximum Gasteiger partial charge on any atom is 0.343 e. The fourth-order valence-electron chi connectivity index (χ4n) is 1.83. The van der Waals surface area contributed by atoms with Crippen molar-refractivity contribution in [1.29, 1.82) is 0 Å². The minimum absolute atomic E-state index is 0.0736. The summed E-state index contributed by atoms with van der Waals surface area (Å²) in [6.07, 6.45) is 2.94. The van der Waals surface area contributed by atoms with Crippen LogP contribution in [0.3, 0.4) is 0 Å². The minimum Gasteiger partial charge on any atom is -0.315 e. The van der Waals surface area contributed by atoms with E-state index in [0.717, 1.165) is 38.2 Å². The van der Waals surface area contributed by atoms with E-state index in [0.29, 0.717) is 0 Å². The topological polar surface area (TPSA) is 62.7 Å². The van der Waals surface area contributed by atoms with Gasteiger partial charge in [-0.3, -0.25) is 4.98 Å². The van der Waals surface area contributed by atoms with Crippen LogP contribution < -0.4 is 11.0 Å². The molecule has 0 aromatic carbocycles. The summed E-state index contributed by atoms with van der Waals surface area (Å²) >= 11 is 0. The summed E-state index contributed by atoms with van der Waals surface area (Å²) < 4.78 is 1.59. The number of hydrogen-bond donors (Lipinski definition) is 2. The Kier molecular flexibility index (Phi) is 2.67. The summed E-state index contributed by atoms with van der Waals surface area (Å²) in [5.74, 6) is 0.778. The molecule has 0 saturated carbocycles. The van der Waals surface area contributed by atoms with E-state index in [1.807, 2.05) is 6.92 Å². The van der Waals surface area contributed by atoms with Crippen molar-refractivity contribution in [3.8, 4) is 0 Å². The zero-order valence-electron chi connectivity index (χ0n) is 8.42.